The minimum atomic E-state index is 0.500. The molecule has 4 aromatic rings. The molecule has 0 aliphatic carbocycles. The van der Waals surface area contributed by atoms with Gasteiger partial charge in [-0.05, 0) is 58.3 Å². The second kappa shape index (κ2) is 8.73. The standard InChI is InChI=1S/C22H27N7O2/c1-15-23-24-16(2)28(15)10-11-31-20-8-7-18(30-5)12-19(20)17-6-9-21-25-26-22(14-27(3)4)29(21)13-17/h6-9,12-13H,10-11,14H2,1-5H3. The first-order chi connectivity index (χ1) is 15.0. The monoisotopic (exact) mass is 421 g/mol. The second-order valence-electron chi connectivity index (χ2n) is 7.66. The van der Waals surface area contributed by atoms with E-state index in [1.54, 1.807) is 7.11 Å². The van der Waals surface area contributed by atoms with Gasteiger partial charge < -0.3 is 18.9 Å². The largest absolute Gasteiger partial charge is 0.497 e. The lowest BCUT2D eigenvalue weighted by molar-refractivity contribution is 0.296. The molecule has 0 radical (unpaired) electrons. The van der Waals surface area contributed by atoms with E-state index in [0.717, 1.165) is 45.7 Å². The first-order valence-corrected chi connectivity index (χ1v) is 10.1. The minimum Gasteiger partial charge on any atom is -0.497 e. The number of aromatic nitrogens is 6. The highest BCUT2D eigenvalue weighted by molar-refractivity contribution is 5.72. The van der Waals surface area contributed by atoms with E-state index in [0.29, 0.717) is 19.7 Å². The Hall–Kier alpha value is -3.46. The molecule has 0 amide bonds. The molecule has 9 heteroatoms. The van der Waals surface area contributed by atoms with E-state index >= 15 is 0 Å². The van der Waals surface area contributed by atoms with Crippen molar-refractivity contribution in [2.75, 3.05) is 27.8 Å². The molecule has 3 heterocycles. The zero-order valence-corrected chi connectivity index (χ0v) is 18.5. The molecular formula is C22H27N7O2. The van der Waals surface area contributed by atoms with Gasteiger partial charge in [0, 0.05) is 17.3 Å². The normalized spacial score (nSPS) is 11.4. The van der Waals surface area contributed by atoms with Crippen LogP contribution < -0.4 is 9.47 Å². The Morgan fingerprint density at radius 1 is 0.968 bits per heavy atom. The van der Waals surface area contributed by atoms with Crippen molar-refractivity contribution >= 4 is 5.65 Å². The molecule has 1 aromatic carbocycles. The number of methoxy groups -OCH3 is 1. The fourth-order valence-electron chi connectivity index (χ4n) is 3.53. The summed E-state index contributed by atoms with van der Waals surface area (Å²) in [6.07, 6.45) is 2.05. The summed E-state index contributed by atoms with van der Waals surface area (Å²) in [4.78, 5) is 2.07. The molecule has 0 unspecified atom stereocenters. The highest BCUT2D eigenvalue weighted by Crippen LogP contribution is 2.34. The number of pyridine rings is 1. The van der Waals surface area contributed by atoms with Crippen molar-refractivity contribution in [3.63, 3.8) is 0 Å². The molecule has 9 nitrogen and oxygen atoms in total. The van der Waals surface area contributed by atoms with Gasteiger partial charge in [-0.3, -0.25) is 4.40 Å². The van der Waals surface area contributed by atoms with Crippen molar-refractivity contribution in [1.29, 1.82) is 0 Å². The summed E-state index contributed by atoms with van der Waals surface area (Å²) in [5.74, 6) is 4.19. The SMILES string of the molecule is COc1ccc(OCCn2c(C)nnc2C)c(-c2ccc3nnc(CN(C)C)n3c2)c1. The predicted molar refractivity (Wildman–Crippen MR) is 117 cm³/mol. The van der Waals surface area contributed by atoms with Crippen LogP contribution in [0, 0.1) is 13.8 Å². The Balaban J connectivity index is 1.65. The summed E-state index contributed by atoms with van der Waals surface area (Å²) in [5, 5.41) is 16.8. The Morgan fingerprint density at radius 3 is 2.45 bits per heavy atom. The van der Waals surface area contributed by atoms with Crippen LogP contribution in [0.25, 0.3) is 16.8 Å². The van der Waals surface area contributed by atoms with Crippen LogP contribution in [0.15, 0.2) is 36.5 Å². The van der Waals surface area contributed by atoms with Gasteiger partial charge in [-0.15, -0.1) is 20.4 Å². The van der Waals surface area contributed by atoms with Crippen molar-refractivity contribution < 1.29 is 9.47 Å². The number of nitrogens with zero attached hydrogens (tertiary/aromatic N) is 7. The van der Waals surface area contributed by atoms with Crippen molar-refractivity contribution in [3.8, 4) is 22.6 Å². The maximum Gasteiger partial charge on any atom is 0.160 e. The van der Waals surface area contributed by atoms with Gasteiger partial charge in [0.25, 0.3) is 0 Å². The minimum absolute atomic E-state index is 0.500. The van der Waals surface area contributed by atoms with Gasteiger partial charge in [0.2, 0.25) is 0 Å². The third-order valence-electron chi connectivity index (χ3n) is 5.12. The molecule has 0 spiro atoms. The first kappa shape index (κ1) is 20.8. The van der Waals surface area contributed by atoms with E-state index in [4.69, 9.17) is 9.47 Å². The number of hydrogen-bond acceptors (Lipinski definition) is 7. The van der Waals surface area contributed by atoms with Gasteiger partial charge in [0.15, 0.2) is 11.5 Å². The number of rotatable bonds is 8. The topological polar surface area (TPSA) is 82.6 Å². The van der Waals surface area contributed by atoms with E-state index in [2.05, 4.69) is 25.3 Å². The van der Waals surface area contributed by atoms with E-state index < -0.39 is 0 Å². The first-order valence-electron chi connectivity index (χ1n) is 10.1. The lowest BCUT2D eigenvalue weighted by Crippen LogP contribution is -2.13. The highest BCUT2D eigenvalue weighted by atomic mass is 16.5. The number of benzene rings is 1. The van der Waals surface area contributed by atoms with Crippen molar-refractivity contribution in [3.05, 3.63) is 54.0 Å². The maximum atomic E-state index is 6.18. The summed E-state index contributed by atoms with van der Waals surface area (Å²) >= 11 is 0. The molecule has 0 atom stereocenters. The number of ether oxygens (including phenoxy) is 2. The van der Waals surface area contributed by atoms with Crippen molar-refractivity contribution in [2.45, 2.75) is 26.9 Å². The zero-order chi connectivity index (χ0) is 22.0. The smallest absolute Gasteiger partial charge is 0.160 e. The van der Waals surface area contributed by atoms with Crippen LogP contribution in [0.5, 0.6) is 11.5 Å². The molecule has 31 heavy (non-hydrogen) atoms. The third-order valence-corrected chi connectivity index (χ3v) is 5.12. The summed E-state index contributed by atoms with van der Waals surface area (Å²) in [6, 6.07) is 9.83. The molecular weight excluding hydrogens is 394 g/mol. The van der Waals surface area contributed by atoms with Crippen LogP contribution in [0.4, 0.5) is 0 Å². The summed E-state index contributed by atoms with van der Waals surface area (Å²) in [6.45, 7) is 5.76. The van der Waals surface area contributed by atoms with Gasteiger partial charge in [0.1, 0.15) is 29.8 Å². The number of hydrogen-bond donors (Lipinski definition) is 0. The molecule has 4 rings (SSSR count). The second-order valence-corrected chi connectivity index (χ2v) is 7.66. The zero-order valence-electron chi connectivity index (χ0n) is 18.5. The summed E-state index contributed by atoms with van der Waals surface area (Å²) < 4.78 is 15.7. The lowest BCUT2D eigenvalue weighted by Gasteiger charge is -2.15. The molecule has 3 aromatic heterocycles. The van der Waals surface area contributed by atoms with Crippen LogP contribution in [-0.4, -0.2) is 62.1 Å². The molecule has 0 bridgehead atoms. The van der Waals surface area contributed by atoms with E-state index in [1.165, 1.54) is 0 Å². The Morgan fingerprint density at radius 2 is 1.74 bits per heavy atom. The predicted octanol–water partition coefficient (Wildman–Crippen LogP) is 2.75. The van der Waals surface area contributed by atoms with E-state index in [9.17, 15) is 0 Å². The fourth-order valence-corrected chi connectivity index (χ4v) is 3.53. The third kappa shape index (κ3) is 4.36. The van der Waals surface area contributed by atoms with E-state index in [1.807, 2.05) is 73.4 Å². The molecule has 0 N–H and O–H groups in total. The van der Waals surface area contributed by atoms with Crippen LogP contribution in [-0.2, 0) is 13.1 Å². The number of fused-ring (bicyclic) bond motifs is 1. The maximum absolute atomic E-state index is 6.18. The Labute approximate surface area is 181 Å². The number of aryl methyl sites for hydroxylation is 2. The average molecular weight is 422 g/mol. The highest BCUT2D eigenvalue weighted by Gasteiger charge is 2.13. The molecule has 0 saturated heterocycles. The molecule has 0 aliphatic heterocycles. The lowest BCUT2D eigenvalue weighted by atomic mass is 10.1. The van der Waals surface area contributed by atoms with Gasteiger partial charge in [-0.25, -0.2) is 0 Å². The molecule has 0 fully saturated rings. The summed E-state index contributed by atoms with van der Waals surface area (Å²) in [7, 11) is 5.69. The molecule has 0 saturated carbocycles. The Bertz CT molecular complexity index is 1180. The fraction of sp³-hybridized carbons (Fsp3) is 0.364. The molecule has 162 valence electrons. The van der Waals surface area contributed by atoms with Crippen LogP contribution >= 0.6 is 0 Å². The van der Waals surface area contributed by atoms with Crippen molar-refractivity contribution in [2.24, 2.45) is 0 Å². The van der Waals surface area contributed by atoms with Gasteiger partial charge in [0.05, 0.1) is 20.2 Å². The van der Waals surface area contributed by atoms with Crippen LogP contribution in [0.2, 0.25) is 0 Å². The van der Waals surface area contributed by atoms with Gasteiger partial charge >= 0.3 is 0 Å². The van der Waals surface area contributed by atoms with E-state index in [-0.39, 0.29) is 0 Å². The quantitative estimate of drug-likeness (QED) is 0.433. The summed E-state index contributed by atoms with van der Waals surface area (Å²) in [5.41, 5.74) is 2.75. The Kier molecular flexibility index (Phi) is 5.85. The van der Waals surface area contributed by atoms with Gasteiger partial charge in [-0.2, -0.15) is 0 Å². The van der Waals surface area contributed by atoms with Crippen LogP contribution in [0.3, 0.4) is 0 Å². The van der Waals surface area contributed by atoms with Crippen molar-refractivity contribution in [1.82, 2.24) is 34.3 Å². The average Bonchev–Trinajstić information content (AvgIpc) is 3.30. The van der Waals surface area contributed by atoms with Gasteiger partial charge in [-0.1, -0.05) is 0 Å². The molecule has 0 aliphatic rings. The van der Waals surface area contributed by atoms with Crippen LogP contribution in [0.1, 0.15) is 17.5 Å².